The third-order valence-corrected chi connectivity index (χ3v) is 4.77. The van der Waals surface area contributed by atoms with Crippen LogP contribution in [0.1, 0.15) is 23.2 Å². The second-order valence-corrected chi connectivity index (χ2v) is 6.73. The second kappa shape index (κ2) is 8.77. The summed E-state index contributed by atoms with van der Waals surface area (Å²) < 4.78 is 5.95. The van der Waals surface area contributed by atoms with Crippen molar-refractivity contribution >= 4 is 29.2 Å². The summed E-state index contributed by atoms with van der Waals surface area (Å²) >= 11 is 6.13. The van der Waals surface area contributed by atoms with Crippen LogP contribution in [-0.2, 0) is 0 Å². The molecule has 2 N–H and O–H groups in total. The molecule has 0 bridgehead atoms. The number of likely N-dealkylation sites (tertiary alicyclic amines) is 1. The zero-order valence-electron chi connectivity index (χ0n) is 15.1. The van der Waals surface area contributed by atoms with E-state index in [4.69, 9.17) is 16.3 Å². The first-order valence-corrected chi connectivity index (χ1v) is 9.24. The molecule has 6 nitrogen and oxygen atoms in total. The molecule has 0 saturated carbocycles. The minimum Gasteiger partial charge on any atom is -0.489 e. The van der Waals surface area contributed by atoms with Crippen LogP contribution in [0, 0.1) is 0 Å². The van der Waals surface area contributed by atoms with Crippen LogP contribution in [0.2, 0.25) is 5.02 Å². The van der Waals surface area contributed by atoms with Crippen molar-refractivity contribution in [3.63, 3.8) is 0 Å². The highest BCUT2D eigenvalue weighted by Gasteiger charge is 2.24. The summed E-state index contributed by atoms with van der Waals surface area (Å²) in [6, 6.07) is 14.1. The molecule has 1 aliphatic heterocycles. The number of carbonyl (C=O) groups excluding carboxylic acids is 2. The van der Waals surface area contributed by atoms with Gasteiger partial charge in [-0.1, -0.05) is 29.8 Å². The number of amides is 3. The van der Waals surface area contributed by atoms with E-state index < -0.39 is 0 Å². The van der Waals surface area contributed by atoms with E-state index >= 15 is 0 Å². The predicted octanol–water partition coefficient (Wildman–Crippen LogP) is 3.77. The molecule has 0 radical (unpaired) electrons. The Morgan fingerprint density at radius 1 is 1.11 bits per heavy atom. The normalized spacial score (nSPS) is 14.5. The number of nitrogens with one attached hydrogen (secondary N) is 2. The Balaban J connectivity index is 1.53. The van der Waals surface area contributed by atoms with Crippen molar-refractivity contribution in [2.75, 3.05) is 25.5 Å². The van der Waals surface area contributed by atoms with E-state index in [2.05, 4.69) is 10.6 Å². The number of hydrogen-bond acceptors (Lipinski definition) is 3. The van der Waals surface area contributed by atoms with Crippen molar-refractivity contribution in [1.29, 1.82) is 0 Å². The largest absolute Gasteiger partial charge is 0.489 e. The fraction of sp³-hybridized carbons (Fsp3) is 0.300. The molecule has 27 heavy (non-hydrogen) atoms. The van der Waals surface area contributed by atoms with Crippen molar-refractivity contribution in [2.24, 2.45) is 0 Å². The van der Waals surface area contributed by atoms with E-state index in [0.717, 1.165) is 12.8 Å². The molecule has 3 amide bonds. The second-order valence-electron chi connectivity index (χ2n) is 6.32. The SMILES string of the molecule is CNC(=O)c1cccc(NC(=O)N2CCC(Oc3ccccc3Cl)CC2)c1. The Bertz CT molecular complexity index is 820. The van der Waals surface area contributed by atoms with Crippen LogP contribution in [0.25, 0.3) is 0 Å². The molecular formula is C20H22ClN3O3. The van der Waals surface area contributed by atoms with Gasteiger partial charge in [0, 0.05) is 44.2 Å². The summed E-state index contributed by atoms with van der Waals surface area (Å²) in [6.07, 6.45) is 1.50. The van der Waals surface area contributed by atoms with E-state index in [1.54, 1.807) is 42.3 Å². The highest BCUT2D eigenvalue weighted by Crippen LogP contribution is 2.27. The highest BCUT2D eigenvalue weighted by atomic mass is 35.5. The molecule has 142 valence electrons. The van der Waals surface area contributed by atoms with Crippen LogP contribution in [0.4, 0.5) is 10.5 Å². The Hall–Kier alpha value is -2.73. The molecule has 0 spiro atoms. The zero-order valence-corrected chi connectivity index (χ0v) is 15.8. The third-order valence-electron chi connectivity index (χ3n) is 4.46. The van der Waals surface area contributed by atoms with Crippen molar-refractivity contribution in [3.8, 4) is 5.75 Å². The molecule has 0 aliphatic carbocycles. The van der Waals surface area contributed by atoms with Gasteiger partial charge in [-0.25, -0.2) is 4.79 Å². The fourth-order valence-corrected chi connectivity index (χ4v) is 3.16. The summed E-state index contributed by atoms with van der Waals surface area (Å²) in [6.45, 7) is 1.19. The Kier molecular flexibility index (Phi) is 6.19. The van der Waals surface area contributed by atoms with Gasteiger partial charge in [0.1, 0.15) is 11.9 Å². The molecule has 1 saturated heterocycles. The van der Waals surface area contributed by atoms with Crippen molar-refractivity contribution in [1.82, 2.24) is 10.2 Å². The molecule has 2 aromatic rings. The quantitative estimate of drug-likeness (QED) is 0.838. The number of hydrogen-bond donors (Lipinski definition) is 2. The first kappa shape index (κ1) is 19.0. The Morgan fingerprint density at radius 3 is 2.56 bits per heavy atom. The molecule has 1 heterocycles. The maximum Gasteiger partial charge on any atom is 0.321 e. The summed E-state index contributed by atoms with van der Waals surface area (Å²) in [4.78, 5) is 25.9. The van der Waals surface area contributed by atoms with Gasteiger partial charge in [0.25, 0.3) is 5.91 Å². The average Bonchev–Trinajstić information content (AvgIpc) is 2.70. The molecule has 2 aromatic carbocycles. The lowest BCUT2D eigenvalue weighted by Crippen LogP contribution is -2.43. The number of urea groups is 1. The Morgan fingerprint density at radius 2 is 1.85 bits per heavy atom. The van der Waals surface area contributed by atoms with Gasteiger partial charge in [-0.3, -0.25) is 4.79 Å². The fourth-order valence-electron chi connectivity index (χ4n) is 2.98. The summed E-state index contributed by atoms with van der Waals surface area (Å²) in [5.74, 6) is 0.483. The number of ether oxygens (including phenoxy) is 1. The maximum atomic E-state index is 12.5. The van der Waals surface area contributed by atoms with Crippen LogP contribution in [0.3, 0.4) is 0 Å². The molecule has 7 heteroatoms. The average molecular weight is 388 g/mol. The lowest BCUT2D eigenvalue weighted by Gasteiger charge is -2.32. The number of piperidine rings is 1. The number of nitrogens with zero attached hydrogens (tertiary/aromatic N) is 1. The van der Waals surface area contributed by atoms with Crippen LogP contribution in [0.5, 0.6) is 5.75 Å². The first-order chi connectivity index (χ1) is 13.1. The molecule has 3 rings (SSSR count). The van der Waals surface area contributed by atoms with Crippen LogP contribution >= 0.6 is 11.6 Å². The number of halogens is 1. The molecule has 1 fully saturated rings. The molecule has 0 aromatic heterocycles. The van der Waals surface area contributed by atoms with Gasteiger partial charge in [-0.15, -0.1) is 0 Å². The topological polar surface area (TPSA) is 70.7 Å². The molecular weight excluding hydrogens is 366 g/mol. The van der Waals surface area contributed by atoms with Gasteiger partial charge >= 0.3 is 6.03 Å². The minimum atomic E-state index is -0.191. The maximum absolute atomic E-state index is 12.5. The first-order valence-electron chi connectivity index (χ1n) is 8.86. The number of anilines is 1. The van der Waals surface area contributed by atoms with Gasteiger partial charge in [-0.2, -0.15) is 0 Å². The lowest BCUT2D eigenvalue weighted by molar-refractivity contribution is 0.0963. The van der Waals surface area contributed by atoms with Gasteiger partial charge < -0.3 is 20.3 Å². The number of carbonyl (C=O) groups is 2. The van der Waals surface area contributed by atoms with E-state index in [0.29, 0.717) is 35.1 Å². The smallest absolute Gasteiger partial charge is 0.321 e. The molecule has 1 aliphatic rings. The lowest BCUT2D eigenvalue weighted by atomic mass is 10.1. The van der Waals surface area contributed by atoms with Gasteiger partial charge in [-0.05, 0) is 30.3 Å². The molecule has 0 unspecified atom stereocenters. The van der Waals surface area contributed by atoms with Crippen molar-refractivity contribution in [2.45, 2.75) is 18.9 Å². The standard InChI is InChI=1S/C20H22ClN3O3/c1-22-19(25)14-5-4-6-15(13-14)23-20(26)24-11-9-16(10-12-24)27-18-8-3-2-7-17(18)21/h2-8,13,16H,9-12H2,1H3,(H,22,25)(H,23,26). The Labute approximate surface area is 163 Å². The van der Waals surface area contributed by atoms with Crippen molar-refractivity contribution < 1.29 is 14.3 Å². The van der Waals surface area contributed by atoms with Gasteiger partial charge in [0.05, 0.1) is 5.02 Å². The number of benzene rings is 2. The van der Waals surface area contributed by atoms with Gasteiger partial charge in [0.15, 0.2) is 0 Å². The molecule has 0 atom stereocenters. The van der Waals surface area contributed by atoms with Crippen molar-refractivity contribution in [3.05, 3.63) is 59.1 Å². The van der Waals surface area contributed by atoms with E-state index in [9.17, 15) is 9.59 Å². The summed E-state index contributed by atoms with van der Waals surface area (Å²) in [5, 5.41) is 6.01. The third kappa shape index (κ3) is 4.92. The summed E-state index contributed by atoms with van der Waals surface area (Å²) in [7, 11) is 1.57. The monoisotopic (exact) mass is 387 g/mol. The number of rotatable bonds is 4. The van der Waals surface area contributed by atoms with Crippen LogP contribution in [0.15, 0.2) is 48.5 Å². The minimum absolute atomic E-state index is 0.0329. The number of para-hydroxylation sites is 1. The predicted molar refractivity (Wildman–Crippen MR) is 106 cm³/mol. The van der Waals surface area contributed by atoms with E-state index in [1.807, 2.05) is 18.2 Å². The highest BCUT2D eigenvalue weighted by molar-refractivity contribution is 6.32. The van der Waals surface area contributed by atoms with E-state index in [1.165, 1.54) is 0 Å². The zero-order chi connectivity index (χ0) is 19.2. The van der Waals surface area contributed by atoms with Crippen LogP contribution < -0.4 is 15.4 Å². The van der Waals surface area contributed by atoms with Crippen LogP contribution in [-0.4, -0.2) is 43.1 Å². The van der Waals surface area contributed by atoms with Gasteiger partial charge in [0.2, 0.25) is 0 Å². The summed E-state index contributed by atoms with van der Waals surface area (Å²) in [5.41, 5.74) is 1.10. The van der Waals surface area contributed by atoms with E-state index in [-0.39, 0.29) is 18.0 Å².